The van der Waals surface area contributed by atoms with Crippen LogP contribution in [0, 0.1) is 5.82 Å². The van der Waals surface area contributed by atoms with Crippen molar-refractivity contribution < 1.29 is 41.5 Å². The van der Waals surface area contributed by atoms with E-state index in [1.54, 1.807) is 23.2 Å². The number of aromatic amines is 1. The lowest BCUT2D eigenvalue weighted by Gasteiger charge is -2.40. The van der Waals surface area contributed by atoms with Crippen molar-refractivity contribution in [1.82, 2.24) is 9.55 Å². The molecule has 4 rings (SSSR count). The number of phosphoric acid groups is 1. The summed E-state index contributed by atoms with van der Waals surface area (Å²) in [6.07, 6.45) is -1.95. The maximum absolute atomic E-state index is 16.2. The van der Waals surface area contributed by atoms with Crippen molar-refractivity contribution >= 4 is 31.4 Å². The molecule has 0 radical (unpaired) electrons. The topological polar surface area (TPSA) is 138 Å². The highest BCUT2D eigenvalue weighted by Crippen LogP contribution is 2.60. The zero-order valence-corrected chi connectivity index (χ0v) is 19.6. The molecule has 11 nitrogen and oxygen atoms in total. The van der Waals surface area contributed by atoms with Crippen LogP contribution < -0.4 is 20.5 Å². The van der Waals surface area contributed by atoms with Gasteiger partial charge < -0.3 is 19.1 Å². The predicted octanol–water partition coefficient (Wildman–Crippen LogP) is -1.97. The summed E-state index contributed by atoms with van der Waals surface area (Å²) in [5, 5.41) is 8.53. The van der Waals surface area contributed by atoms with E-state index >= 15 is 4.39 Å². The van der Waals surface area contributed by atoms with E-state index in [1.807, 2.05) is 0 Å². The maximum atomic E-state index is 16.2. The van der Waals surface area contributed by atoms with Crippen LogP contribution in [-0.4, -0.2) is 62.7 Å². The molecule has 3 heterocycles. The van der Waals surface area contributed by atoms with Gasteiger partial charge in [-0.1, -0.05) is 12.1 Å². The molecule has 4 atom stereocenters. The lowest BCUT2D eigenvalue weighted by molar-refractivity contribution is -0.219. The molecule has 34 heavy (non-hydrogen) atoms. The Balaban J connectivity index is 1.64. The number of rotatable bonds is 5. The van der Waals surface area contributed by atoms with E-state index in [2.05, 4.69) is 0 Å². The third-order valence-corrected chi connectivity index (χ3v) is 7.45. The number of benzene rings is 1. The van der Waals surface area contributed by atoms with Crippen LogP contribution in [-0.2, 0) is 30.6 Å². The highest BCUT2D eigenvalue weighted by Gasteiger charge is 2.64. The van der Waals surface area contributed by atoms with E-state index in [9.17, 15) is 23.7 Å². The summed E-state index contributed by atoms with van der Waals surface area (Å²) >= 11 is 0. The summed E-state index contributed by atoms with van der Waals surface area (Å²) < 4.78 is 70.7. The molecule has 1 saturated heterocycles. The summed E-state index contributed by atoms with van der Waals surface area (Å²) in [7, 11) is 0.471. The van der Waals surface area contributed by atoms with E-state index in [4.69, 9.17) is 23.0 Å². The smallest absolute Gasteiger partial charge is 0.493 e. The molecule has 0 aliphatic carbocycles. The summed E-state index contributed by atoms with van der Waals surface area (Å²) in [5.41, 5.74) is -4.03. The van der Waals surface area contributed by atoms with Crippen LogP contribution in [0.1, 0.15) is 12.0 Å². The molecule has 17 heteroatoms. The third-order valence-electron chi connectivity index (χ3n) is 5.92. The first-order valence-electron chi connectivity index (χ1n) is 10.1. The van der Waals surface area contributed by atoms with Gasteiger partial charge in [-0.15, -0.1) is 0 Å². The van der Waals surface area contributed by atoms with Gasteiger partial charge in [0.1, 0.15) is 21.3 Å². The fraction of sp³-hybridized carbons (Fsp3) is 0.412. The molecule has 1 aromatic heterocycles. The lowest BCUT2D eigenvalue weighted by atomic mass is 9.60. The van der Waals surface area contributed by atoms with E-state index in [-0.39, 0.29) is 18.1 Å². The fourth-order valence-electron chi connectivity index (χ4n) is 3.85. The number of hydrogen-bond donors (Lipinski definition) is 2. The molecule has 0 amide bonds. The number of halogens is 2. The number of H-pyrrole nitrogens is 1. The Morgan fingerprint density at radius 3 is 2.76 bits per heavy atom. The van der Waals surface area contributed by atoms with E-state index in [1.165, 1.54) is 22.8 Å². The number of aliphatic hydroxyl groups is 1. The average molecular weight is 498 g/mol. The summed E-state index contributed by atoms with van der Waals surface area (Å²) in [6.45, 7) is -0.174. The van der Waals surface area contributed by atoms with Gasteiger partial charge in [0.15, 0.2) is 19.3 Å². The Morgan fingerprint density at radius 1 is 1.38 bits per heavy atom. The van der Waals surface area contributed by atoms with Crippen LogP contribution in [0.5, 0.6) is 11.5 Å². The molecule has 1 aromatic carbocycles. The minimum Gasteiger partial charge on any atom is -0.493 e. The number of phosphoric ester groups is 1. The highest BCUT2D eigenvalue weighted by molar-refractivity contribution is 7.49. The number of para-hydroxylation sites is 1. The fourth-order valence-corrected chi connectivity index (χ4v) is 5.42. The molecule has 1 unspecified atom stereocenters. The number of aromatic nitrogens is 2. The van der Waals surface area contributed by atoms with Crippen LogP contribution in [0.15, 0.2) is 34.0 Å². The van der Waals surface area contributed by atoms with E-state index in [0.29, 0.717) is 16.3 Å². The maximum Gasteiger partial charge on any atom is 0.529 e. The number of fused-ring (bicyclic) bond motifs is 1. The summed E-state index contributed by atoms with van der Waals surface area (Å²) in [6, 6.07) is 4.91. The number of aliphatic hydroxyl groups excluding tert-OH is 1. The second-order valence-corrected chi connectivity index (χ2v) is 10.1. The molecule has 2 N–H and O–H groups in total. The van der Waals surface area contributed by atoms with Gasteiger partial charge in [0.05, 0.1) is 31.4 Å². The Bertz CT molecular complexity index is 1290. The molecule has 1 fully saturated rings. The number of nitrogens with zero attached hydrogens (tertiary/aromatic N) is 1. The largest absolute Gasteiger partial charge is 0.529 e. The van der Waals surface area contributed by atoms with Gasteiger partial charge in [0.25, 0.3) is 5.56 Å². The molecule has 0 bridgehead atoms. The highest BCUT2D eigenvalue weighted by atomic mass is 31.2. The van der Waals surface area contributed by atoms with Crippen LogP contribution >= 0.6 is 7.82 Å². The van der Waals surface area contributed by atoms with Gasteiger partial charge >= 0.3 is 13.5 Å². The monoisotopic (exact) mass is 498 g/mol. The average Bonchev–Trinajstić information content (AvgIpc) is 3.00. The molecule has 2 aliphatic heterocycles. The molecule has 0 saturated carbocycles. The van der Waals surface area contributed by atoms with Gasteiger partial charge in [-0.2, -0.15) is 4.39 Å². The van der Waals surface area contributed by atoms with Gasteiger partial charge in [0.2, 0.25) is 11.7 Å². The minimum atomic E-state index is -4.42. The number of hydrogen-bond acceptors (Lipinski definition) is 9. The Kier molecular flexibility index (Phi) is 5.89. The van der Waals surface area contributed by atoms with Gasteiger partial charge in [-0.05, 0) is 6.07 Å². The van der Waals surface area contributed by atoms with Crippen molar-refractivity contribution in [2.75, 3.05) is 7.11 Å². The molecule has 2 aromatic rings. The van der Waals surface area contributed by atoms with Crippen molar-refractivity contribution in [3.8, 4) is 11.5 Å². The normalized spacial score (nSPS) is 31.0. The predicted molar refractivity (Wildman–Crippen MR) is 120 cm³/mol. The quantitative estimate of drug-likeness (QED) is 0.356. The molecular weight excluding hydrogens is 478 g/mol. The van der Waals surface area contributed by atoms with Crippen LogP contribution in [0.4, 0.5) is 8.78 Å². The van der Waals surface area contributed by atoms with E-state index in [0.717, 1.165) is 7.85 Å². The van der Waals surface area contributed by atoms with Gasteiger partial charge in [-0.25, -0.2) is 13.8 Å². The SMILES string of the molecule is BC(B)(OP1(=O)OCc2cccc(OC)c2O1)[C@]1(F)C[C@@H](O)[C@](B)(n2cc(F)c(=O)[nH]c2=O)O1. The molecular formula is C17H20B3F2N2O9P. The first-order chi connectivity index (χ1) is 15.7. The van der Waals surface area contributed by atoms with Crippen molar-refractivity contribution in [1.29, 1.82) is 0 Å². The first-order valence-corrected chi connectivity index (χ1v) is 11.6. The van der Waals surface area contributed by atoms with E-state index < -0.39 is 54.3 Å². The van der Waals surface area contributed by atoms with Gasteiger partial charge in [0, 0.05) is 12.0 Å². The van der Waals surface area contributed by atoms with Crippen molar-refractivity contribution in [2.45, 2.75) is 36.0 Å². The molecule has 2 aliphatic rings. The summed E-state index contributed by atoms with van der Waals surface area (Å²) in [4.78, 5) is 25.3. The Hall–Kier alpha value is -2.38. The zero-order chi connectivity index (χ0) is 25.1. The first kappa shape index (κ1) is 24.7. The number of ether oxygens (including phenoxy) is 2. The minimum absolute atomic E-state index is 0.107. The van der Waals surface area contributed by atoms with Crippen molar-refractivity contribution in [3.05, 3.63) is 56.6 Å². The van der Waals surface area contributed by atoms with Crippen LogP contribution in [0.3, 0.4) is 0 Å². The summed E-state index contributed by atoms with van der Waals surface area (Å²) in [5.74, 6) is -3.84. The van der Waals surface area contributed by atoms with Gasteiger partial charge in [-0.3, -0.25) is 23.4 Å². The Morgan fingerprint density at radius 2 is 2.09 bits per heavy atom. The molecule has 180 valence electrons. The van der Waals surface area contributed by atoms with Crippen LogP contribution in [0.25, 0.3) is 0 Å². The lowest BCUT2D eigenvalue weighted by Crippen LogP contribution is -2.56. The Labute approximate surface area is 194 Å². The second kappa shape index (κ2) is 8.09. The standard InChI is InChI=1S/C17H20B3F2N2O9P/c1-29-10-4-2-3-8-7-30-34(28,31-12(8)10)33-17(19,20)15(22)5-11(25)16(18,32-15)24-6-9(21)13(26)23-14(24)27/h2-4,6,11,25H,5,7,18-20H2,1H3,(H,23,26,27)/t11-,15+,16+,34?/m1/s1. The number of nitrogens with one attached hydrogen (secondary N) is 1. The van der Waals surface area contributed by atoms with Crippen molar-refractivity contribution in [3.63, 3.8) is 0 Å². The van der Waals surface area contributed by atoms with Crippen molar-refractivity contribution in [2.24, 2.45) is 0 Å². The van der Waals surface area contributed by atoms with Crippen LogP contribution in [0.2, 0.25) is 0 Å². The number of methoxy groups -OCH3 is 1. The molecule has 0 spiro atoms. The number of alkyl halides is 1. The zero-order valence-electron chi connectivity index (χ0n) is 18.7. The second-order valence-electron chi connectivity index (χ2n) is 8.57. The third kappa shape index (κ3) is 3.93.